The summed E-state index contributed by atoms with van der Waals surface area (Å²) >= 11 is 12.2. The zero-order valence-corrected chi connectivity index (χ0v) is 16.5. The van der Waals surface area contributed by atoms with E-state index in [1.165, 1.54) is 0 Å². The first kappa shape index (κ1) is 21.6. The van der Waals surface area contributed by atoms with Gasteiger partial charge in [-0.2, -0.15) is 5.30 Å². The number of aryl methyl sites for hydroxylation is 1. The number of hydrogen-bond donors (Lipinski definition) is 0. The van der Waals surface area contributed by atoms with E-state index in [4.69, 9.17) is 27.9 Å². The van der Waals surface area contributed by atoms with E-state index >= 15 is 0 Å². The van der Waals surface area contributed by atoms with Gasteiger partial charge >= 0.3 is 18.9 Å². The predicted octanol–water partition coefficient (Wildman–Crippen LogP) is 2.90. The Kier molecular flexibility index (Phi) is 9.43. The van der Waals surface area contributed by atoms with Crippen molar-refractivity contribution >= 4 is 42.6 Å². The molecule has 0 atom stereocenters. The van der Waals surface area contributed by atoms with Gasteiger partial charge in [-0.1, -0.05) is 54.2 Å². The van der Waals surface area contributed by atoms with Crippen LogP contribution in [0.25, 0.3) is 0 Å². The number of halogens is 2. The molecule has 0 N–H and O–H groups in total. The van der Waals surface area contributed by atoms with Crippen molar-refractivity contribution in [3.63, 3.8) is 0 Å². The number of carbonyl (C=O) groups is 1. The Morgan fingerprint density at radius 1 is 1.17 bits per heavy atom. The number of rotatable bonds is 7. The van der Waals surface area contributed by atoms with Gasteiger partial charge in [-0.05, 0) is 37.6 Å². The zero-order chi connectivity index (χ0) is 16.8. The van der Waals surface area contributed by atoms with Crippen molar-refractivity contribution in [1.82, 2.24) is 0 Å². The van der Waals surface area contributed by atoms with E-state index < -0.39 is 0 Å². The van der Waals surface area contributed by atoms with Crippen LogP contribution in [0.15, 0.2) is 36.4 Å². The van der Waals surface area contributed by atoms with Crippen LogP contribution in [0.5, 0.6) is 5.75 Å². The second kappa shape index (κ2) is 10.5. The Morgan fingerprint density at radius 3 is 2.42 bits per heavy atom. The minimum absolute atomic E-state index is 0. The summed E-state index contributed by atoms with van der Waals surface area (Å²) in [5.74, 6) is 0.832. The molecule has 0 fully saturated rings. The van der Waals surface area contributed by atoms with Crippen molar-refractivity contribution in [3.05, 3.63) is 57.6 Å². The van der Waals surface area contributed by atoms with Gasteiger partial charge in [0.15, 0.2) is 0 Å². The smallest absolute Gasteiger partial charge is 0.494 e. The van der Waals surface area contributed by atoms with Gasteiger partial charge in [0.2, 0.25) is 0 Å². The monoisotopic (exact) mass is 374 g/mol. The summed E-state index contributed by atoms with van der Waals surface area (Å²) < 4.78 is 5.68. The molecule has 24 heavy (non-hydrogen) atoms. The fourth-order valence-corrected chi connectivity index (χ4v) is 3.71. The second-order valence-corrected chi connectivity index (χ2v) is 7.09. The molecule has 0 radical (unpaired) electrons. The third-order valence-corrected chi connectivity index (χ3v) is 5.13. The molecule has 0 aliphatic carbocycles. The summed E-state index contributed by atoms with van der Waals surface area (Å²) in [6.45, 7) is 4.81. The molecule has 0 saturated carbocycles. The number of benzene rings is 2. The van der Waals surface area contributed by atoms with Crippen LogP contribution in [-0.2, 0) is 0 Å². The molecule has 6 heteroatoms. The Morgan fingerprint density at radius 2 is 1.83 bits per heavy atom. The summed E-state index contributed by atoms with van der Waals surface area (Å²) in [7, 11) is 0.554. The Hall–Kier alpha value is -0.483. The largest absolute Gasteiger partial charge is 1.00 e. The molecular weight excluding hydrogens is 357 g/mol. The molecule has 0 spiro atoms. The van der Waals surface area contributed by atoms with Crippen LogP contribution in [0, 0.1) is 6.92 Å². The molecule has 2 nitrogen and oxygen atoms in total. The average Bonchev–Trinajstić information content (AvgIpc) is 2.50. The number of carbonyl (C=O) groups excluding carboxylic acids is 1. The number of ether oxygens (including phenoxy) is 1. The molecule has 0 amide bonds. The fraction of sp³-hybridized carbons (Fsp3) is 0.278. The van der Waals surface area contributed by atoms with E-state index in [1.54, 1.807) is 18.2 Å². The summed E-state index contributed by atoms with van der Waals surface area (Å²) in [6.07, 6.45) is 2.13. The first-order valence-corrected chi connectivity index (χ1v) is 9.11. The van der Waals surface area contributed by atoms with Crippen molar-refractivity contribution in [3.8, 4) is 5.75 Å². The predicted molar refractivity (Wildman–Crippen MR) is 98.9 cm³/mol. The molecular formula is C18H18Cl2LiO2P. The van der Waals surface area contributed by atoms with Crippen LogP contribution in [-0.4, -0.2) is 12.1 Å². The van der Waals surface area contributed by atoms with Crippen LogP contribution in [0.3, 0.4) is 0 Å². The standard InChI is InChI=1S/C18H18Cl2O2P.Li/c1-3-4-10-22-13-8-9-16(12(2)11-13)23-18(21)17-14(19)6-5-7-15(17)20;/h5-9,11H,3-4,10H2,1-2H3;/q-1;+1. The zero-order valence-electron chi connectivity index (χ0n) is 14.1. The van der Waals surface area contributed by atoms with Gasteiger partial charge in [-0.25, -0.2) is 0 Å². The molecule has 122 valence electrons. The molecule has 0 aliphatic rings. The van der Waals surface area contributed by atoms with Crippen LogP contribution in [0.4, 0.5) is 0 Å². The normalized spacial score (nSPS) is 10.7. The van der Waals surface area contributed by atoms with E-state index in [2.05, 4.69) is 6.92 Å². The maximum absolute atomic E-state index is 12.5. The summed E-state index contributed by atoms with van der Waals surface area (Å²) in [5.41, 5.74) is 1.28. The summed E-state index contributed by atoms with van der Waals surface area (Å²) in [6, 6.07) is 10.8. The number of unbranched alkanes of at least 4 members (excludes halogenated alkanes) is 1. The van der Waals surface area contributed by atoms with Gasteiger partial charge in [-0.3, -0.25) is 0 Å². The Bertz CT molecular complexity index is 687. The first-order chi connectivity index (χ1) is 11.0. The molecule has 0 unspecified atom stereocenters. The van der Waals surface area contributed by atoms with Crippen LogP contribution in [0.2, 0.25) is 10.0 Å². The maximum Gasteiger partial charge on any atom is 1.00 e. The first-order valence-electron chi connectivity index (χ1n) is 7.46. The third-order valence-electron chi connectivity index (χ3n) is 3.33. The molecule has 2 rings (SSSR count). The SMILES string of the molecule is CCCCOc1ccc([P-]C(=O)c2c(Cl)cccc2Cl)c(C)c1.[Li+]. The van der Waals surface area contributed by atoms with Crippen molar-refractivity contribution in [1.29, 1.82) is 0 Å². The van der Waals surface area contributed by atoms with Crippen LogP contribution >= 0.6 is 31.8 Å². The topological polar surface area (TPSA) is 26.3 Å². The molecule has 0 aromatic heterocycles. The minimum atomic E-state index is -0.108. The van der Waals surface area contributed by atoms with E-state index in [-0.39, 0.29) is 24.4 Å². The van der Waals surface area contributed by atoms with E-state index in [0.29, 0.717) is 30.8 Å². The van der Waals surface area contributed by atoms with Crippen molar-refractivity contribution in [2.24, 2.45) is 0 Å². The van der Waals surface area contributed by atoms with Gasteiger partial charge in [0.05, 0.1) is 16.7 Å². The molecule has 2 aromatic carbocycles. The van der Waals surface area contributed by atoms with Gasteiger partial charge < -0.3 is 18.1 Å². The van der Waals surface area contributed by atoms with Crippen molar-refractivity contribution in [2.75, 3.05) is 6.61 Å². The second-order valence-electron chi connectivity index (χ2n) is 5.16. The average molecular weight is 375 g/mol. The molecule has 0 bridgehead atoms. The third kappa shape index (κ3) is 5.80. The molecule has 2 aromatic rings. The molecule has 0 saturated heterocycles. The van der Waals surface area contributed by atoms with Crippen LogP contribution in [0.1, 0.15) is 35.7 Å². The van der Waals surface area contributed by atoms with Gasteiger partial charge in [0, 0.05) is 11.1 Å². The van der Waals surface area contributed by atoms with Crippen molar-refractivity contribution < 1.29 is 28.4 Å². The summed E-state index contributed by atoms with van der Waals surface area (Å²) in [4.78, 5) is 12.5. The molecule has 0 aliphatic heterocycles. The van der Waals surface area contributed by atoms with Gasteiger partial charge in [-0.15, -0.1) is 0 Å². The van der Waals surface area contributed by atoms with Crippen molar-refractivity contribution in [2.45, 2.75) is 26.7 Å². The maximum atomic E-state index is 12.5. The molecule has 0 heterocycles. The van der Waals surface area contributed by atoms with E-state index in [0.717, 1.165) is 29.5 Å². The summed E-state index contributed by atoms with van der Waals surface area (Å²) in [5, 5.41) is 1.69. The minimum Gasteiger partial charge on any atom is -0.494 e. The van der Waals surface area contributed by atoms with E-state index in [9.17, 15) is 4.79 Å². The number of hydrogen-bond acceptors (Lipinski definition) is 2. The van der Waals surface area contributed by atoms with Crippen LogP contribution < -0.4 is 28.9 Å². The van der Waals surface area contributed by atoms with Gasteiger partial charge in [0.25, 0.3) is 0 Å². The quantitative estimate of drug-likeness (QED) is 0.423. The van der Waals surface area contributed by atoms with E-state index in [1.807, 2.05) is 25.1 Å². The van der Waals surface area contributed by atoms with Gasteiger partial charge in [0.1, 0.15) is 5.75 Å². The fourth-order valence-electron chi connectivity index (χ4n) is 2.04. The Labute approximate surface area is 167 Å². The Balaban J connectivity index is 0.00000288.